The maximum Gasteiger partial charge on any atom is 0.240 e. The molecule has 0 bridgehead atoms. The van der Waals surface area contributed by atoms with E-state index in [1.807, 2.05) is 93.6 Å². The predicted octanol–water partition coefficient (Wildman–Crippen LogP) is 5.56. The first-order valence-electron chi connectivity index (χ1n) is 13.5. The molecule has 41 heavy (non-hydrogen) atoms. The van der Waals surface area contributed by atoms with Gasteiger partial charge in [0.2, 0.25) is 11.8 Å². The molecule has 1 aliphatic heterocycles. The maximum absolute atomic E-state index is 13.9. The first-order chi connectivity index (χ1) is 19.8. The third-order valence-corrected chi connectivity index (χ3v) is 8.12. The van der Waals surface area contributed by atoms with E-state index in [-0.39, 0.29) is 35.4 Å². The fraction of sp³-hybridized carbons (Fsp3) is 0.281. The Morgan fingerprint density at radius 1 is 1.05 bits per heavy atom. The van der Waals surface area contributed by atoms with Crippen LogP contribution in [0.1, 0.15) is 35.8 Å². The van der Waals surface area contributed by atoms with Crippen molar-refractivity contribution in [1.82, 2.24) is 15.1 Å². The van der Waals surface area contributed by atoms with E-state index in [0.29, 0.717) is 17.3 Å². The van der Waals surface area contributed by atoms with Gasteiger partial charge in [0, 0.05) is 22.7 Å². The van der Waals surface area contributed by atoms with E-state index < -0.39 is 0 Å². The number of hydrogen-bond acceptors (Lipinski definition) is 6. The van der Waals surface area contributed by atoms with Gasteiger partial charge in [0.05, 0.1) is 36.6 Å². The molecule has 0 spiro atoms. The molecule has 8 nitrogen and oxygen atoms in total. The molecule has 1 aromatic heterocycles. The molecule has 1 N–H and O–H groups in total. The second-order valence-corrected chi connectivity index (χ2v) is 11.3. The Hall–Kier alpha value is -4.24. The Morgan fingerprint density at radius 3 is 2.44 bits per heavy atom. The van der Waals surface area contributed by atoms with Gasteiger partial charge < -0.3 is 14.8 Å². The van der Waals surface area contributed by atoms with E-state index in [1.54, 1.807) is 23.8 Å². The summed E-state index contributed by atoms with van der Waals surface area (Å²) < 4.78 is 13.2. The molecule has 0 radical (unpaired) electrons. The minimum atomic E-state index is -0.341. The molecule has 1 atom stereocenters. The summed E-state index contributed by atoms with van der Waals surface area (Å²) >= 11 is 1.49. The number of benzene rings is 3. The molecule has 0 saturated heterocycles. The number of carbonyl (C=O) groups is 2. The van der Waals surface area contributed by atoms with E-state index in [0.717, 1.165) is 33.6 Å². The van der Waals surface area contributed by atoms with Crippen molar-refractivity contribution >= 4 is 29.4 Å². The number of nitrogens with zero attached hydrogens (tertiary/aromatic N) is 3. The molecule has 2 heterocycles. The number of aryl methyl sites for hydroxylation is 1. The molecule has 212 valence electrons. The highest BCUT2D eigenvalue weighted by Crippen LogP contribution is 2.51. The Balaban J connectivity index is 1.83. The molecule has 1 unspecified atom stereocenters. The molecular weight excluding hydrogens is 536 g/mol. The molecule has 0 saturated carbocycles. The number of thioether (sulfide) groups is 1. The molecule has 1 aliphatic rings. The third-order valence-electron chi connectivity index (χ3n) is 6.89. The van der Waals surface area contributed by atoms with Crippen molar-refractivity contribution in [3.63, 3.8) is 0 Å². The van der Waals surface area contributed by atoms with Crippen LogP contribution < -0.4 is 19.7 Å². The lowest BCUT2D eigenvalue weighted by molar-refractivity contribution is -0.123. The van der Waals surface area contributed by atoms with Gasteiger partial charge >= 0.3 is 0 Å². The monoisotopic (exact) mass is 570 g/mol. The van der Waals surface area contributed by atoms with Gasteiger partial charge in [-0.15, -0.1) is 11.8 Å². The van der Waals surface area contributed by atoms with Crippen molar-refractivity contribution in [1.29, 1.82) is 0 Å². The summed E-state index contributed by atoms with van der Waals surface area (Å²) in [6.07, 6.45) is 0. The van der Waals surface area contributed by atoms with Gasteiger partial charge in [-0.3, -0.25) is 14.5 Å². The number of ether oxygens (including phenoxy) is 2. The number of carbonyl (C=O) groups excluding carboxylic acids is 2. The van der Waals surface area contributed by atoms with Crippen LogP contribution in [0.2, 0.25) is 0 Å². The van der Waals surface area contributed by atoms with Crippen LogP contribution >= 0.6 is 11.8 Å². The SMILES string of the molecule is COc1ccc(OC)c(C2SCC(=O)N(CC(=O)NC(C)C)c3c2c(-c2ccccc2)nn3-c2ccc(C)cc2)c1. The van der Waals surface area contributed by atoms with Gasteiger partial charge in [-0.1, -0.05) is 48.0 Å². The largest absolute Gasteiger partial charge is 0.497 e. The number of nitrogens with one attached hydrogen (secondary N) is 1. The molecule has 0 aliphatic carbocycles. The van der Waals surface area contributed by atoms with Gasteiger partial charge in [-0.2, -0.15) is 5.10 Å². The van der Waals surface area contributed by atoms with Crippen molar-refractivity contribution < 1.29 is 19.1 Å². The molecule has 0 fully saturated rings. The zero-order valence-corrected chi connectivity index (χ0v) is 24.7. The van der Waals surface area contributed by atoms with Crippen molar-refractivity contribution in [2.24, 2.45) is 0 Å². The number of fused-ring (bicyclic) bond motifs is 1. The van der Waals surface area contributed by atoms with Crippen molar-refractivity contribution in [2.45, 2.75) is 32.1 Å². The minimum absolute atomic E-state index is 0.0610. The van der Waals surface area contributed by atoms with Gasteiger partial charge in [0.1, 0.15) is 23.9 Å². The number of rotatable bonds is 8. The summed E-state index contributed by atoms with van der Waals surface area (Å²) in [7, 11) is 3.26. The number of hydrogen-bond donors (Lipinski definition) is 1. The van der Waals surface area contributed by atoms with Gasteiger partial charge in [0.15, 0.2) is 0 Å². The lowest BCUT2D eigenvalue weighted by Gasteiger charge is -2.24. The first kappa shape index (κ1) is 28.3. The zero-order chi connectivity index (χ0) is 29.1. The highest BCUT2D eigenvalue weighted by molar-refractivity contribution is 8.00. The van der Waals surface area contributed by atoms with Gasteiger partial charge in [-0.05, 0) is 51.1 Å². The molecule has 4 aromatic rings. The van der Waals surface area contributed by atoms with E-state index in [9.17, 15) is 9.59 Å². The second-order valence-electron chi connectivity index (χ2n) is 10.2. The Bertz CT molecular complexity index is 1550. The number of amides is 2. The fourth-order valence-corrected chi connectivity index (χ4v) is 6.21. The van der Waals surface area contributed by atoms with E-state index in [4.69, 9.17) is 14.6 Å². The summed E-state index contributed by atoms with van der Waals surface area (Å²) in [6, 6.07) is 23.5. The summed E-state index contributed by atoms with van der Waals surface area (Å²) in [5.74, 6) is 1.67. The van der Waals surface area contributed by atoms with E-state index in [2.05, 4.69) is 5.32 Å². The second kappa shape index (κ2) is 12.1. The highest BCUT2D eigenvalue weighted by atomic mass is 32.2. The van der Waals surface area contributed by atoms with Gasteiger partial charge in [-0.25, -0.2) is 4.68 Å². The van der Waals surface area contributed by atoms with Crippen LogP contribution in [-0.2, 0) is 9.59 Å². The zero-order valence-electron chi connectivity index (χ0n) is 23.9. The molecule has 9 heteroatoms. The Labute approximate surface area is 244 Å². The van der Waals surface area contributed by atoms with Crippen molar-refractivity contribution in [3.8, 4) is 28.4 Å². The molecule has 2 amide bonds. The number of methoxy groups -OCH3 is 2. The van der Waals surface area contributed by atoms with Crippen LogP contribution in [0.5, 0.6) is 11.5 Å². The summed E-state index contributed by atoms with van der Waals surface area (Å²) in [5, 5.41) is 7.73. The van der Waals surface area contributed by atoms with Crippen LogP contribution in [-0.4, -0.2) is 54.2 Å². The van der Waals surface area contributed by atoms with Crippen LogP contribution in [0, 0.1) is 6.92 Å². The normalized spacial score (nSPS) is 14.9. The number of aromatic nitrogens is 2. The minimum Gasteiger partial charge on any atom is -0.497 e. The quantitative estimate of drug-likeness (QED) is 0.299. The lowest BCUT2D eigenvalue weighted by atomic mass is 9.98. The molecule has 5 rings (SSSR count). The average molecular weight is 571 g/mol. The Kier molecular flexibility index (Phi) is 8.35. The van der Waals surface area contributed by atoms with E-state index in [1.165, 1.54) is 11.8 Å². The van der Waals surface area contributed by atoms with Gasteiger partial charge in [0.25, 0.3) is 0 Å². The summed E-state index contributed by atoms with van der Waals surface area (Å²) in [6.45, 7) is 5.70. The standard InChI is InChI=1S/C32H34N4O4S/c1-20(2)33-27(37)18-35-28(38)19-41-31(25-17-24(39-4)15-16-26(25)40-5)29-30(22-9-7-6-8-10-22)34-36(32(29)35)23-13-11-21(3)12-14-23/h6-17,20,31H,18-19H2,1-5H3,(H,33,37). The lowest BCUT2D eigenvalue weighted by Crippen LogP contribution is -2.44. The maximum atomic E-state index is 13.9. The topological polar surface area (TPSA) is 85.7 Å². The van der Waals surface area contributed by atoms with Crippen LogP contribution in [0.3, 0.4) is 0 Å². The third kappa shape index (κ3) is 5.81. The highest BCUT2D eigenvalue weighted by Gasteiger charge is 2.38. The van der Waals surface area contributed by atoms with Crippen LogP contribution in [0.15, 0.2) is 72.8 Å². The average Bonchev–Trinajstić information content (AvgIpc) is 3.30. The summed E-state index contributed by atoms with van der Waals surface area (Å²) in [4.78, 5) is 28.6. The van der Waals surface area contributed by atoms with Crippen LogP contribution in [0.4, 0.5) is 5.82 Å². The van der Waals surface area contributed by atoms with Crippen molar-refractivity contribution in [2.75, 3.05) is 31.4 Å². The first-order valence-corrected chi connectivity index (χ1v) is 14.5. The Morgan fingerprint density at radius 2 is 1.78 bits per heavy atom. The fourth-order valence-electron chi connectivity index (χ4n) is 5.00. The molecule has 3 aromatic carbocycles. The van der Waals surface area contributed by atoms with Crippen LogP contribution in [0.25, 0.3) is 16.9 Å². The van der Waals surface area contributed by atoms with Crippen molar-refractivity contribution in [3.05, 3.63) is 89.5 Å². The predicted molar refractivity (Wildman–Crippen MR) is 163 cm³/mol. The smallest absolute Gasteiger partial charge is 0.240 e. The molecular formula is C32H34N4O4S. The summed E-state index contributed by atoms with van der Waals surface area (Å²) in [5.41, 5.74) is 5.22. The van der Waals surface area contributed by atoms with E-state index >= 15 is 0 Å². The number of anilines is 1.